The summed E-state index contributed by atoms with van der Waals surface area (Å²) in [7, 11) is 0. The van der Waals surface area contributed by atoms with E-state index in [1.165, 1.54) is 12.1 Å². The lowest BCUT2D eigenvalue weighted by molar-refractivity contribution is -0.126. The second kappa shape index (κ2) is 5.76. The summed E-state index contributed by atoms with van der Waals surface area (Å²) in [5.41, 5.74) is 0.245. The van der Waals surface area contributed by atoms with Gasteiger partial charge in [-0.3, -0.25) is 4.79 Å². The highest BCUT2D eigenvalue weighted by molar-refractivity contribution is 6.34. The molecule has 1 amide bonds. The number of amides is 1. The van der Waals surface area contributed by atoms with Crippen LogP contribution < -0.4 is 20.1 Å². The molecule has 2 rings (SSSR count). The van der Waals surface area contributed by atoms with Crippen LogP contribution >= 0.6 is 11.6 Å². The molecule has 0 spiro atoms. The normalized spacial score (nSPS) is 13.4. The Labute approximate surface area is 117 Å². The maximum absolute atomic E-state index is 11.9. The van der Waals surface area contributed by atoms with Gasteiger partial charge < -0.3 is 20.1 Å². The third-order valence-electron chi connectivity index (χ3n) is 2.35. The number of hydrogen-bond acceptors (Lipinski definition) is 4. The minimum Gasteiger partial charge on any atom is -0.454 e. The first-order chi connectivity index (χ1) is 9.35. The van der Waals surface area contributed by atoms with Crippen LogP contribution in [0.15, 0.2) is 12.1 Å². The van der Waals surface area contributed by atoms with E-state index in [1.807, 2.05) is 5.32 Å². The third-order valence-corrected chi connectivity index (χ3v) is 2.66. The number of halogens is 4. The predicted molar refractivity (Wildman–Crippen MR) is 65.1 cm³/mol. The van der Waals surface area contributed by atoms with Crippen molar-refractivity contribution in [2.24, 2.45) is 0 Å². The lowest BCUT2D eigenvalue weighted by Gasteiger charge is -2.10. The largest absolute Gasteiger partial charge is 0.454 e. The van der Waals surface area contributed by atoms with Gasteiger partial charge in [0.25, 0.3) is 0 Å². The number of nitrogens with one attached hydrogen (secondary N) is 2. The zero-order chi connectivity index (χ0) is 14.8. The molecule has 0 aliphatic carbocycles. The molecular formula is C11H10ClF3N2O3. The molecule has 9 heteroatoms. The van der Waals surface area contributed by atoms with Crippen LogP contribution in [0.2, 0.25) is 5.02 Å². The van der Waals surface area contributed by atoms with Crippen molar-refractivity contribution in [3.63, 3.8) is 0 Å². The molecule has 0 unspecified atom stereocenters. The first kappa shape index (κ1) is 14.7. The molecule has 0 saturated heterocycles. The van der Waals surface area contributed by atoms with Gasteiger partial charge in [0, 0.05) is 12.1 Å². The molecule has 0 atom stereocenters. The number of hydrogen-bond donors (Lipinski definition) is 2. The summed E-state index contributed by atoms with van der Waals surface area (Å²) in [5.74, 6) is 0.214. The standard InChI is InChI=1S/C11H10ClF3N2O3/c12-6-1-8-9(20-5-19-8)2-7(6)17-10(18)3-16-4-11(13,14)15/h1-2,16H,3-5H2,(H,17,18). The highest BCUT2D eigenvalue weighted by Gasteiger charge is 2.26. The monoisotopic (exact) mass is 310 g/mol. The van der Waals surface area contributed by atoms with Crippen LogP contribution in [0, 0.1) is 0 Å². The SMILES string of the molecule is O=C(CNCC(F)(F)F)Nc1cc2c(cc1Cl)OCO2. The van der Waals surface area contributed by atoms with Crippen LogP contribution in [0.3, 0.4) is 0 Å². The van der Waals surface area contributed by atoms with Gasteiger partial charge in [-0.05, 0) is 0 Å². The Hall–Kier alpha value is -1.67. The lowest BCUT2D eigenvalue weighted by Crippen LogP contribution is -2.35. The van der Waals surface area contributed by atoms with Crippen LogP contribution in [0.5, 0.6) is 11.5 Å². The fraction of sp³-hybridized carbons (Fsp3) is 0.364. The van der Waals surface area contributed by atoms with Gasteiger partial charge in [-0.15, -0.1) is 0 Å². The van der Waals surface area contributed by atoms with E-state index < -0.39 is 25.2 Å². The summed E-state index contributed by atoms with van der Waals surface area (Å²) in [6.45, 7) is -1.67. The van der Waals surface area contributed by atoms with Crippen molar-refractivity contribution in [3.8, 4) is 11.5 Å². The fourth-order valence-corrected chi connectivity index (χ4v) is 1.73. The molecule has 0 fully saturated rings. The number of ether oxygens (including phenoxy) is 2. The number of fused-ring (bicyclic) bond motifs is 1. The quantitative estimate of drug-likeness (QED) is 0.895. The number of alkyl halides is 3. The van der Waals surface area contributed by atoms with Gasteiger partial charge in [0.2, 0.25) is 12.7 Å². The van der Waals surface area contributed by atoms with Crippen molar-refractivity contribution in [2.45, 2.75) is 6.18 Å². The topological polar surface area (TPSA) is 59.6 Å². The zero-order valence-corrected chi connectivity index (χ0v) is 10.8. The molecule has 1 aliphatic rings. The van der Waals surface area contributed by atoms with Crippen molar-refractivity contribution in [3.05, 3.63) is 17.2 Å². The molecule has 1 aliphatic heterocycles. The van der Waals surface area contributed by atoms with E-state index in [1.54, 1.807) is 0 Å². The van der Waals surface area contributed by atoms with Gasteiger partial charge in [-0.1, -0.05) is 11.6 Å². The minimum absolute atomic E-state index is 0.0518. The van der Waals surface area contributed by atoms with Crippen LogP contribution in [0.25, 0.3) is 0 Å². The highest BCUT2D eigenvalue weighted by atomic mass is 35.5. The molecule has 0 saturated carbocycles. The first-order valence-electron chi connectivity index (χ1n) is 5.51. The van der Waals surface area contributed by atoms with Crippen molar-refractivity contribution in [1.82, 2.24) is 5.32 Å². The Kier molecular flexibility index (Phi) is 4.24. The first-order valence-corrected chi connectivity index (χ1v) is 5.89. The van der Waals surface area contributed by atoms with Crippen LogP contribution in [-0.2, 0) is 4.79 Å². The molecule has 2 N–H and O–H groups in total. The molecule has 1 heterocycles. The molecule has 0 bridgehead atoms. The average molecular weight is 311 g/mol. The van der Waals surface area contributed by atoms with Crippen LogP contribution in [0.4, 0.5) is 18.9 Å². The van der Waals surface area contributed by atoms with Gasteiger partial charge in [0.05, 0.1) is 23.8 Å². The van der Waals surface area contributed by atoms with E-state index in [9.17, 15) is 18.0 Å². The Morgan fingerprint density at radius 1 is 1.30 bits per heavy atom. The van der Waals surface area contributed by atoms with E-state index in [2.05, 4.69) is 5.32 Å². The van der Waals surface area contributed by atoms with Crippen molar-refractivity contribution in [1.29, 1.82) is 0 Å². The average Bonchev–Trinajstić information content (AvgIpc) is 2.74. The number of benzene rings is 1. The van der Waals surface area contributed by atoms with E-state index in [-0.39, 0.29) is 17.5 Å². The molecule has 20 heavy (non-hydrogen) atoms. The molecule has 1 aromatic rings. The molecular weight excluding hydrogens is 301 g/mol. The minimum atomic E-state index is -4.36. The predicted octanol–water partition coefficient (Wildman–Crippen LogP) is 2.16. The van der Waals surface area contributed by atoms with Crippen molar-refractivity contribution in [2.75, 3.05) is 25.2 Å². The van der Waals surface area contributed by atoms with Gasteiger partial charge in [-0.2, -0.15) is 13.2 Å². The van der Waals surface area contributed by atoms with Gasteiger partial charge >= 0.3 is 6.18 Å². The second-order valence-electron chi connectivity index (χ2n) is 3.95. The van der Waals surface area contributed by atoms with E-state index in [4.69, 9.17) is 21.1 Å². The smallest absolute Gasteiger partial charge is 0.401 e. The third kappa shape index (κ3) is 3.91. The fourth-order valence-electron chi connectivity index (χ4n) is 1.53. The maximum Gasteiger partial charge on any atom is 0.401 e. The van der Waals surface area contributed by atoms with Gasteiger partial charge in [0.15, 0.2) is 11.5 Å². The Morgan fingerprint density at radius 3 is 2.60 bits per heavy atom. The summed E-state index contributed by atoms with van der Waals surface area (Å²) < 4.78 is 45.9. The Balaban J connectivity index is 1.91. The Morgan fingerprint density at radius 2 is 1.95 bits per heavy atom. The second-order valence-corrected chi connectivity index (χ2v) is 4.36. The number of carbonyl (C=O) groups excluding carboxylic acids is 1. The summed E-state index contributed by atoms with van der Waals surface area (Å²) in [4.78, 5) is 11.5. The number of rotatable bonds is 4. The molecule has 5 nitrogen and oxygen atoms in total. The summed E-state index contributed by atoms with van der Waals surface area (Å²) in [6, 6.07) is 2.91. The summed E-state index contributed by atoms with van der Waals surface area (Å²) in [6.07, 6.45) is -4.36. The molecule has 110 valence electrons. The lowest BCUT2D eigenvalue weighted by atomic mass is 10.2. The summed E-state index contributed by atoms with van der Waals surface area (Å²) in [5, 5.41) is 4.58. The number of anilines is 1. The maximum atomic E-state index is 11.9. The van der Waals surface area contributed by atoms with Gasteiger partial charge in [0.1, 0.15) is 0 Å². The van der Waals surface area contributed by atoms with E-state index in [0.717, 1.165) is 0 Å². The molecule has 0 aromatic heterocycles. The van der Waals surface area contributed by atoms with Gasteiger partial charge in [-0.25, -0.2) is 0 Å². The zero-order valence-electron chi connectivity index (χ0n) is 10.0. The summed E-state index contributed by atoms with van der Waals surface area (Å²) >= 11 is 5.91. The van der Waals surface area contributed by atoms with Crippen molar-refractivity contribution >= 4 is 23.2 Å². The van der Waals surface area contributed by atoms with E-state index >= 15 is 0 Å². The Bertz CT molecular complexity index is 522. The van der Waals surface area contributed by atoms with E-state index in [0.29, 0.717) is 11.5 Å². The molecule has 0 radical (unpaired) electrons. The molecule has 1 aromatic carbocycles. The van der Waals surface area contributed by atoms with Crippen molar-refractivity contribution < 1.29 is 27.4 Å². The number of carbonyl (C=O) groups is 1. The van der Waals surface area contributed by atoms with Crippen LogP contribution in [-0.4, -0.2) is 32.0 Å². The highest BCUT2D eigenvalue weighted by Crippen LogP contribution is 2.39. The van der Waals surface area contributed by atoms with Crippen LogP contribution in [0.1, 0.15) is 0 Å².